The number of aryl methyl sites for hydroxylation is 3. The molecule has 0 radical (unpaired) electrons. The standard InChI is InChI=1S/C24H28N4O4S2/c1-6-10-28-20(13-32-19-11-15(3)8-9-16(19)4)26-27-24(28)33-14-21(29)25-22-18(23(30)31-5)12-17(7-2)34-22/h6,8-9,11-12H,1,7,10,13-14H2,2-5H3,(H,25,29). The van der Waals surface area contributed by atoms with Crippen molar-refractivity contribution >= 4 is 40.0 Å². The van der Waals surface area contributed by atoms with Crippen molar-refractivity contribution in [3.05, 3.63) is 64.3 Å². The summed E-state index contributed by atoms with van der Waals surface area (Å²) in [5.41, 5.74) is 2.52. The molecule has 8 nitrogen and oxygen atoms in total. The second-order valence-corrected chi connectivity index (χ2v) is 9.57. The van der Waals surface area contributed by atoms with Crippen LogP contribution in [0.15, 0.2) is 42.1 Å². The number of ether oxygens (including phenoxy) is 2. The Kier molecular flexibility index (Phi) is 8.89. The van der Waals surface area contributed by atoms with Crippen LogP contribution in [-0.4, -0.2) is 39.5 Å². The third-order valence-electron chi connectivity index (χ3n) is 4.93. The van der Waals surface area contributed by atoms with Crippen molar-refractivity contribution in [3.63, 3.8) is 0 Å². The summed E-state index contributed by atoms with van der Waals surface area (Å²) < 4.78 is 12.7. The first-order valence-electron chi connectivity index (χ1n) is 10.7. The normalized spacial score (nSPS) is 10.7. The number of hydrogen-bond acceptors (Lipinski definition) is 8. The van der Waals surface area contributed by atoms with Crippen molar-refractivity contribution in [2.24, 2.45) is 0 Å². The SMILES string of the molecule is C=CCn1c(COc2cc(C)ccc2C)nnc1SCC(=O)Nc1sc(CC)cc1C(=O)OC. The van der Waals surface area contributed by atoms with Crippen LogP contribution in [0.2, 0.25) is 0 Å². The zero-order valence-corrected chi connectivity index (χ0v) is 21.3. The number of allylic oxidation sites excluding steroid dienone is 1. The molecule has 0 spiro atoms. The molecule has 1 N–H and O–H groups in total. The summed E-state index contributed by atoms with van der Waals surface area (Å²) in [6, 6.07) is 7.79. The molecule has 2 heterocycles. The van der Waals surface area contributed by atoms with Crippen molar-refractivity contribution in [1.82, 2.24) is 14.8 Å². The van der Waals surface area contributed by atoms with Crippen LogP contribution in [-0.2, 0) is 29.1 Å². The van der Waals surface area contributed by atoms with E-state index in [2.05, 4.69) is 22.1 Å². The summed E-state index contributed by atoms with van der Waals surface area (Å²) in [4.78, 5) is 25.6. The Bertz CT molecular complexity index is 1190. The van der Waals surface area contributed by atoms with Crippen LogP contribution in [0.4, 0.5) is 5.00 Å². The van der Waals surface area contributed by atoms with Crippen LogP contribution in [0.1, 0.15) is 39.1 Å². The number of amides is 1. The summed E-state index contributed by atoms with van der Waals surface area (Å²) in [7, 11) is 1.32. The zero-order chi connectivity index (χ0) is 24.7. The highest BCUT2D eigenvalue weighted by Crippen LogP contribution is 2.30. The number of anilines is 1. The molecule has 0 aliphatic rings. The predicted molar refractivity (Wildman–Crippen MR) is 135 cm³/mol. The second kappa shape index (κ2) is 11.8. The number of rotatable bonds is 11. The maximum absolute atomic E-state index is 12.6. The number of thiophene rings is 1. The van der Waals surface area contributed by atoms with Gasteiger partial charge < -0.3 is 14.8 Å². The molecule has 0 aliphatic heterocycles. The molecule has 3 rings (SSSR count). The minimum atomic E-state index is -0.474. The Morgan fingerprint density at radius 1 is 1.26 bits per heavy atom. The average Bonchev–Trinajstić information content (AvgIpc) is 3.41. The maximum Gasteiger partial charge on any atom is 0.340 e. The Morgan fingerprint density at radius 3 is 2.76 bits per heavy atom. The molecule has 10 heteroatoms. The van der Waals surface area contributed by atoms with Crippen molar-refractivity contribution < 1.29 is 19.1 Å². The molecule has 0 saturated carbocycles. The lowest BCUT2D eigenvalue weighted by molar-refractivity contribution is -0.113. The Morgan fingerprint density at radius 2 is 2.06 bits per heavy atom. The van der Waals surface area contributed by atoms with E-state index in [-0.39, 0.29) is 18.3 Å². The second-order valence-electron chi connectivity index (χ2n) is 7.49. The highest BCUT2D eigenvalue weighted by Gasteiger charge is 2.19. The number of nitrogens with zero attached hydrogens (tertiary/aromatic N) is 3. The van der Waals surface area contributed by atoms with E-state index < -0.39 is 5.97 Å². The molecule has 3 aromatic rings. The Labute approximate surface area is 207 Å². The van der Waals surface area contributed by atoms with E-state index >= 15 is 0 Å². The molecule has 0 bridgehead atoms. The third-order valence-corrected chi connectivity index (χ3v) is 7.09. The lowest BCUT2D eigenvalue weighted by atomic mass is 10.1. The fraction of sp³-hybridized carbons (Fsp3) is 0.333. The molecule has 0 aliphatic carbocycles. The Hall–Kier alpha value is -3.11. The monoisotopic (exact) mass is 500 g/mol. The first kappa shape index (κ1) is 25.5. The van der Waals surface area contributed by atoms with Gasteiger partial charge in [-0.05, 0) is 43.5 Å². The lowest BCUT2D eigenvalue weighted by Crippen LogP contribution is -2.16. The summed E-state index contributed by atoms with van der Waals surface area (Å²) >= 11 is 2.63. The van der Waals surface area contributed by atoms with E-state index in [1.807, 2.05) is 43.5 Å². The lowest BCUT2D eigenvalue weighted by Gasteiger charge is -2.11. The van der Waals surface area contributed by atoms with E-state index in [1.54, 1.807) is 12.1 Å². The van der Waals surface area contributed by atoms with Crippen LogP contribution in [0.5, 0.6) is 5.75 Å². The third kappa shape index (κ3) is 6.27. The number of thioether (sulfide) groups is 1. The van der Waals surface area contributed by atoms with Gasteiger partial charge in [0.2, 0.25) is 5.91 Å². The first-order valence-corrected chi connectivity index (χ1v) is 12.5. The van der Waals surface area contributed by atoms with Crippen molar-refractivity contribution in [2.45, 2.75) is 45.5 Å². The van der Waals surface area contributed by atoms with Gasteiger partial charge in [-0.3, -0.25) is 9.36 Å². The zero-order valence-electron chi connectivity index (χ0n) is 19.7. The van der Waals surface area contributed by atoms with E-state index in [0.29, 0.717) is 28.1 Å². The number of hydrogen-bond donors (Lipinski definition) is 1. The van der Waals surface area contributed by atoms with Crippen LogP contribution in [0, 0.1) is 13.8 Å². The number of esters is 1. The van der Waals surface area contributed by atoms with Gasteiger partial charge in [0.25, 0.3) is 0 Å². The molecule has 0 fully saturated rings. The van der Waals surface area contributed by atoms with Gasteiger partial charge in [-0.2, -0.15) is 0 Å². The predicted octanol–water partition coefficient (Wildman–Crippen LogP) is 4.80. The fourth-order valence-corrected chi connectivity index (χ4v) is 4.88. The molecule has 0 unspecified atom stereocenters. The van der Waals surface area contributed by atoms with Crippen molar-refractivity contribution in [2.75, 3.05) is 18.2 Å². The Balaban J connectivity index is 1.67. The molecule has 2 aromatic heterocycles. The average molecular weight is 501 g/mol. The van der Waals surface area contributed by atoms with E-state index in [1.165, 1.54) is 30.2 Å². The van der Waals surface area contributed by atoms with Gasteiger partial charge in [-0.15, -0.1) is 28.1 Å². The topological polar surface area (TPSA) is 95.3 Å². The van der Waals surface area contributed by atoms with Crippen molar-refractivity contribution in [1.29, 1.82) is 0 Å². The fourth-order valence-electron chi connectivity index (χ4n) is 3.11. The molecule has 1 aromatic carbocycles. The molecule has 34 heavy (non-hydrogen) atoms. The van der Waals surface area contributed by atoms with E-state index in [9.17, 15) is 9.59 Å². The van der Waals surface area contributed by atoms with Gasteiger partial charge in [0.15, 0.2) is 11.0 Å². The highest BCUT2D eigenvalue weighted by atomic mass is 32.2. The number of benzene rings is 1. The van der Waals surface area contributed by atoms with Crippen LogP contribution < -0.4 is 10.1 Å². The molecule has 0 atom stereocenters. The van der Waals surface area contributed by atoms with E-state index in [0.717, 1.165) is 28.2 Å². The number of methoxy groups -OCH3 is 1. The highest BCUT2D eigenvalue weighted by molar-refractivity contribution is 7.99. The molecular formula is C24H28N4O4S2. The summed E-state index contributed by atoms with van der Waals surface area (Å²) in [6.45, 7) is 10.5. The van der Waals surface area contributed by atoms with Gasteiger partial charge in [0, 0.05) is 11.4 Å². The number of nitrogens with one attached hydrogen (secondary N) is 1. The summed E-state index contributed by atoms with van der Waals surface area (Å²) in [5, 5.41) is 12.4. The molecular weight excluding hydrogens is 472 g/mol. The van der Waals surface area contributed by atoms with E-state index in [4.69, 9.17) is 9.47 Å². The van der Waals surface area contributed by atoms with Gasteiger partial charge >= 0.3 is 5.97 Å². The minimum Gasteiger partial charge on any atom is -0.485 e. The smallest absolute Gasteiger partial charge is 0.340 e. The molecule has 180 valence electrons. The maximum atomic E-state index is 12.6. The quantitative estimate of drug-likeness (QED) is 0.229. The van der Waals surface area contributed by atoms with Crippen LogP contribution in [0.25, 0.3) is 0 Å². The van der Waals surface area contributed by atoms with Crippen LogP contribution in [0.3, 0.4) is 0 Å². The van der Waals surface area contributed by atoms with Gasteiger partial charge in [0.1, 0.15) is 17.4 Å². The summed E-state index contributed by atoms with van der Waals surface area (Å²) in [5.74, 6) is 0.819. The summed E-state index contributed by atoms with van der Waals surface area (Å²) in [6.07, 6.45) is 2.51. The van der Waals surface area contributed by atoms with Crippen LogP contribution >= 0.6 is 23.1 Å². The molecule has 1 amide bonds. The molecule has 0 saturated heterocycles. The van der Waals surface area contributed by atoms with Gasteiger partial charge in [0.05, 0.1) is 18.4 Å². The van der Waals surface area contributed by atoms with Gasteiger partial charge in [-0.25, -0.2) is 4.79 Å². The number of carbonyl (C=O) groups excluding carboxylic acids is 2. The number of aromatic nitrogens is 3. The van der Waals surface area contributed by atoms with Gasteiger partial charge in [-0.1, -0.05) is 36.9 Å². The largest absolute Gasteiger partial charge is 0.485 e. The van der Waals surface area contributed by atoms with Crippen molar-refractivity contribution in [3.8, 4) is 5.75 Å². The first-order chi connectivity index (χ1) is 16.4. The minimum absolute atomic E-state index is 0.104. The number of carbonyl (C=O) groups is 2.